The zero-order chi connectivity index (χ0) is 22.5. The molecule has 0 radical (unpaired) electrons. The molecule has 0 amide bonds. The van der Waals surface area contributed by atoms with Crippen LogP contribution in [0.5, 0.6) is 5.75 Å². The Kier molecular flexibility index (Phi) is 7.26. The van der Waals surface area contributed by atoms with Gasteiger partial charge < -0.3 is 4.74 Å². The molecule has 0 spiro atoms. The van der Waals surface area contributed by atoms with Crippen molar-refractivity contribution in [1.29, 1.82) is 0 Å². The van der Waals surface area contributed by atoms with Gasteiger partial charge in [0.25, 0.3) is 0 Å². The summed E-state index contributed by atoms with van der Waals surface area (Å²) in [4.78, 5) is 12.4. The summed E-state index contributed by atoms with van der Waals surface area (Å²) in [5.74, 6) is 0.934. The molecule has 3 aromatic rings. The number of hydrogen-bond donors (Lipinski definition) is 0. The highest BCUT2D eigenvalue weighted by Gasteiger charge is 2.24. The molecular weight excluding hydrogens is 423 g/mol. The smallest absolute Gasteiger partial charge is 0.343 e. The van der Waals surface area contributed by atoms with E-state index in [1.165, 1.54) is 55.4 Å². The van der Waals surface area contributed by atoms with Gasteiger partial charge >= 0.3 is 5.97 Å². The van der Waals surface area contributed by atoms with Gasteiger partial charge in [0.1, 0.15) is 11.6 Å². The van der Waals surface area contributed by atoms with Crippen LogP contribution in [0.4, 0.5) is 4.39 Å². The van der Waals surface area contributed by atoms with Crippen LogP contribution < -0.4 is 4.74 Å². The topological polar surface area (TPSA) is 26.3 Å². The molecule has 1 saturated carbocycles. The standard InChI is InChI=1S/C28H28ClFO2/c1-19(21-5-3-2-4-6-21)17-20-7-9-22(10-8-20)23-11-13-24(14-12-23)28(31)32-25-15-16-26(29)27(30)18-25/h2-6,11-16,18-20,22H,7-10,17H2,1H3. The Morgan fingerprint density at radius 2 is 1.69 bits per heavy atom. The quantitative estimate of drug-likeness (QED) is 0.279. The first-order valence-corrected chi connectivity index (χ1v) is 11.7. The molecule has 0 N–H and O–H groups in total. The van der Waals surface area contributed by atoms with Crippen LogP contribution >= 0.6 is 11.6 Å². The van der Waals surface area contributed by atoms with Crippen LogP contribution in [0, 0.1) is 11.7 Å². The second-order valence-corrected chi connectivity index (χ2v) is 9.26. The lowest BCUT2D eigenvalue weighted by atomic mass is 9.75. The zero-order valence-electron chi connectivity index (χ0n) is 18.3. The molecule has 1 fully saturated rings. The Balaban J connectivity index is 1.30. The van der Waals surface area contributed by atoms with E-state index < -0.39 is 11.8 Å². The molecule has 32 heavy (non-hydrogen) atoms. The molecule has 1 unspecified atom stereocenters. The van der Waals surface area contributed by atoms with Gasteiger partial charge in [0, 0.05) is 6.07 Å². The number of ether oxygens (including phenoxy) is 1. The maximum absolute atomic E-state index is 13.6. The third-order valence-corrected chi connectivity index (χ3v) is 6.93. The van der Waals surface area contributed by atoms with E-state index in [1.807, 2.05) is 12.1 Å². The number of carbonyl (C=O) groups excluding carboxylic acids is 1. The van der Waals surface area contributed by atoms with Crippen molar-refractivity contribution in [3.8, 4) is 5.75 Å². The van der Waals surface area contributed by atoms with Crippen molar-refractivity contribution in [3.63, 3.8) is 0 Å². The predicted molar refractivity (Wildman–Crippen MR) is 127 cm³/mol. The molecule has 1 atom stereocenters. The van der Waals surface area contributed by atoms with Crippen LogP contribution in [0.25, 0.3) is 0 Å². The van der Waals surface area contributed by atoms with Crippen molar-refractivity contribution in [2.45, 2.75) is 50.9 Å². The average molecular weight is 451 g/mol. The summed E-state index contributed by atoms with van der Waals surface area (Å²) in [5, 5.41) is -0.00149. The summed E-state index contributed by atoms with van der Waals surface area (Å²) < 4.78 is 18.8. The van der Waals surface area contributed by atoms with Crippen molar-refractivity contribution < 1.29 is 13.9 Å². The maximum Gasteiger partial charge on any atom is 0.343 e. The van der Waals surface area contributed by atoms with Crippen molar-refractivity contribution in [2.75, 3.05) is 0 Å². The minimum atomic E-state index is -0.610. The number of esters is 1. The van der Waals surface area contributed by atoms with E-state index in [0.29, 0.717) is 17.4 Å². The summed E-state index contributed by atoms with van der Waals surface area (Å²) in [6, 6.07) is 22.4. The predicted octanol–water partition coefficient (Wildman–Crippen LogP) is 8.17. The molecule has 4 heteroatoms. The first kappa shape index (κ1) is 22.5. The third kappa shape index (κ3) is 5.58. The lowest BCUT2D eigenvalue weighted by molar-refractivity contribution is 0.0734. The maximum atomic E-state index is 13.6. The molecule has 0 aromatic heterocycles. The van der Waals surface area contributed by atoms with Gasteiger partial charge in [0.15, 0.2) is 0 Å². The van der Waals surface area contributed by atoms with E-state index in [2.05, 4.69) is 37.3 Å². The first-order chi connectivity index (χ1) is 15.5. The Bertz CT molecular complexity index is 1040. The lowest BCUT2D eigenvalue weighted by Gasteiger charge is -2.30. The highest BCUT2D eigenvalue weighted by molar-refractivity contribution is 6.30. The number of carbonyl (C=O) groups is 1. The molecule has 0 heterocycles. The SMILES string of the molecule is CC(CC1CCC(c2ccc(C(=O)Oc3ccc(Cl)c(F)c3)cc2)CC1)c1ccccc1. The second-order valence-electron chi connectivity index (χ2n) is 8.85. The number of benzene rings is 3. The van der Waals surface area contributed by atoms with Crippen molar-refractivity contribution in [1.82, 2.24) is 0 Å². The minimum absolute atomic E-state index is 0.00149. The van der Waals surface area contributed by atoms with Gasteiger partial charge in [-0.25, -0.2) is 9.18 Å². The number of halogens is 2. The Morgan fingerprint density at radius 1 is 1.00 bits per heavy atom. The van der Waals surface area contributed by atoms with Crippen molar-refractivity contribution >= 4 is 17.6 Å². The van der Waals surface area contributed by atoms with Crippen molar-refractivity contribution in [3.05, 3.63) is 100 Å². The Labute approximate surface area is 194 Å². The van der Waals surface area contributed by atoms with Crippen LogP contribution in [0.2, 0.25) is 5.02 Å². The molecule has 1 aliphatic carbocycles. The second kappa shape index (κ2) is 10.3. The normalized spacial score (nSPS) is 19.3. The highest BCUT2D eigenvalue weighted by Crippen LogP contribution is 2.39. The number of rotatable bonds is 6. The van der Waals surface area contributed by atoms with E-state index in [-0.39, 0.29) is 10.8 Å². The Hall–Kier alpha value is -2.65. The van der Waals surface area contributed by atoms with E-state index in [0.717, 1.165) is 12.0 Å². The summed E-state index contributed by atoms with van der Waals surface area (Å²) in [6.07, 6.45) is 6.09. The van der Waals surface area contributed by atoms with Gasteiger partial charge in [-0.05, 0) is 85.3 Å². The fourth-order valence-electron chi connectivity index (χ4n) is 4.75. The van der Waals surface area contributed by atoms with E-state index in [4.69, 9.17) is 16.3 Å². The molecule has 4 rings (SSSR count). The fraction of sp³-hybridized carbons (Fsp3) is 0.321. The fourth-order valence-corrected chi connectivity index (χ4v) is 4.86. The minimum Gasteiger partial charge on any atom is -0.423 e. The zero-order valence-corrected chi connectivity index (χ0v) is 19.0. The summed E-state index contributed by atoms with van der Waals surface area (Å²) >= 11 is 5.67. The van der Waals surface area contributed by atoms with Crippen LogP contribution in [0.3, 0.4) is 0 Å². The molecule has 0 saturated heterocycles. The van der Waals surface area contributed by atoms with E-state index in [9.17, 15) is 9.18 Å². The van der Waals surface area contributed by atoms with Gasteiger partial charge in [0.05, 0.1) is 10.6 Å². The third-order valence-electron chi connectivity index (χ3n) is 6.62. The number of hydrogen-bond acceptors (Lipinski definition) is 2. The molecule has 3 aromatic carbocycles. The van der Waals surface area contributed by atoms with Gasteiger partial charge in [-0.15, -0.1) is 0 Å². The van der Waals surface area contributed by atoms with E-state index >= 15 is 0 Å². The average Bonchev–Trinajstić information content (AvgIpc) is 2.82. The molecule has 1 aliphatic rings. The highest BCUT2D eigenvalue weighted by atomic mass is 35.5. The monoisotopic (exact) mass is 450 g/mol. The van der Waals surface area contributed by atoms with Crippen LogP contribution in [0.15, 0.2) is 72.8 Å². The van der Waals surface area contributed by atoms with Gasteiger partial charge in [0.2, 0.25) is 0 Å². The van der Waals surface area contributed by atoms with Crippen molar-refractivity contribution in [2.24, 2.45) is 5.92 Å². The first-order valence-electron chi connectivity index (χ1n) is 11.3. The molecule has 0 bridgehead atoms. The van der Waals surface area contributed by atoms with Crippen LogP contribution in [-0.4, -0.2) is 5.97 Å². The van der Waals surface area contributed by atoms with Gasteiger partial charge in [-0.2, -0.15) is 0 Å². The lowest BCUT2D eigenvalue weighted by Crippen LogP contribution is -2.15. The summed E-state index contributed by atoms with van der Waals surface area (Å²) in [6.45, 7) is 2.33. The molecule has 0 aliphatic heterocycles. The molecular formula is C28H28ClFO2. The Morgan fingerprint density at radius 3 is 2.34 bits per heavy atom. The largest absolute Gasteiger partial charge is 0.423 e. The van der Waals surface area contributed by atoms with Gasteiger partial charge in [-0.3, -0.25) is 0 Å². The summed E-state index contributed by atoms with van der Waals surface area (Å²) in [5.41, 5.74) is 3.15. The van der Waals surface area contributed by atoms with Crippen LogP contribution in [0.1, 0.15) is 72.3 Å². The molecule has 166 valence electrons. The van der Waals surface area contributed by atoms with E-state index in [1.54, 1.807) is 12.1 Å². The summed E-state index contributed by atoms with van der Waals surface area (Å²) in [7, 11) is 0. The van der Waals surface area contributed by atoms with Crippen LogP contribution in [-0.2, 0) is 0 Å². The van der Waals surface area contributed by atoms with Gasteiger partial charge in [-0.1, -0.05) is 61.0 Å². The molecule has 2 nitrogen and oxygen atoms in total.